The molecule has 1 heterocycles. The van der Waals surface area contributed by atoms with Crippen LogP contribution in [0.25, 0.3) is 0 Å². The highest BCUT2D eigenvalue weighted by Gasteiger charge is 2.29. The van der Waals surface area contributed by atoms with Gasteiger partial charge in [-0.2, -0.15) is 4.31 Å². The van der Waals surface area contributed by atoms with Crippen molar-refractivity contribution in [3.05, 3.63) is 58.6 Å². The van der Waals surface area contributed by atoms with Crippen LogP contribution in [0.1, 0.15) is 40.5 Å². The summed E-state index contributed by atoms with van der Waals surface area (Å²) in [5.74, 6) is -0.926. The zero-order valence-electron chi connectivity index (χ0n) is 17.7. The predicted molar refractivity (Wildman–Crippen MR) is 121 cm³/mol. The smallest absolute Gasteiger partial charge is 0.338 e. The maximum absolute atomic E-state index is 12.9. The molecule has 1 N–H and O–H groups in total. The van der Waals surface area contributed by atoms with Gasteiger partial charge in [0.15, 0.2) is 0 Å². The third kappa shape index (κ3) is 5.86. The maximum atomic E-state index is 12.9. The van der Waals surface area contributed by atoms with E-state index in [0.29, 0.717) is 31.1 Å². The van der Waals surface area contributed by atoms with E-state index in [4.69, 9.17) is 21.1 Å². The Kier molecular flexibility index (Phi) is 8.25. The summed E-state index contributed by atoms with van der Waals surface area (Å²) < 4.78 is 37.5. The third-order valence-corrected chi connectivity index (χ3v) is 7.27. The van der Waals surface area contributed by atoms with Crippen LogP contribution >= 0.6 is 11.6 Å². The molecule has 0 spiro atoms. The first-order valence-corrected chi connectivity index (χ1v) is 12.1. The van der Waals surface area contributed by atoms with Crippen LogP contribution in [-0.4, -0.2) is 57.5 Å². The highest BCUT2D eigenvalue weighted by Crippen LogP contribution is 2.27. The summed E-state index contributed by atoms with van der Waals surface area (Å²) in [6.07, 6.45) is 1.72. The molecule has 0 saturated carbocycles. The van der Waals surface area contributed by atoms with Gasteiger partial charge in [-0.25, -0.2) is 13.2 Å². The van der Waals surface area contributed by atoms with Crippen molar-refractivity contribution in [2.45, 2.75) is 24.7 Å². The van der Waals surface area contributed by atoms with E-state index < -0.39 is 21.9 Å². The van der Waals surface area contributed by atoms with Crippen molar-refractivity contribution in [2.24, 2.45) is 0 Å². The molecular formula is C22H25ClN2O6S. The number of nitrogens with zero attached hydrogens (tertiary/aromatic N) is 1. The maximum Gasteiger partial charge on any atom is 0.338 e. The summed E-state index contributed by atoms with van der Waals surface area (Å²) in [5.41, 5.74) is 0.974. The van der Waals surface area contributed by atoms with Crippen molar-refractivity contribution in [3.8, 4) is 0 Å². The van der Waals surface area contributed by atoms with Crippen molar-refractivity contribution in [2.75, 3.05) is 38.2 Å². The third-order valence-electron chi connectivity index (χ3n) is 4.89. The topological polar surface area (TPSA) is 102 Å². The molecule has 0 atom stereocenters. The molecule has 1 fully saturated rings. The highest BCUT2D eigenvalue weighted by molar-refractivity contribution is 7.89. The number of ether oxygens (including phenoxy) is 2. The molecule has 1 amide bonds. The van der Waals surface area contributed by atoms with E-state index in [9.17, 15) is 18.0 Å². The molecule has 3 rings (SSSR count). The van der Waals surface area contributed by atoms with Crippen molar-refractivity contribution in [3.63, 3.8) is 0 Å². The van der Waals surface area contributed by atoms with Gasteiger partial charge in [0.2, 0.25) is 10.0 Å². The summed E-state index contributed by atoms with van der Waals surface area (Å²) >= 11 is 6.14. The number of sulfonamides is 1. The van der Waals surface area contributed by atoms with Crippen molar-refractivity contribution in [1.82, 2.24) is 4.31 Å². The van der Waals surface area contributed by atoms with Gasteiger partial charge in [-0.3, -0.25) is 4.79 Å². The average molecular weight is 481 g/mol. The van der Waals surface area contributed by atoms with Gasteiger partial charge in [0.05, 0.1) is 30.4 Å². The SMILES string of the molecule is CCCCOC(=O)c1ccc(NC(=O)c2ccc(Cl)c(S(=O)(=O)N3CCOCC3)c2)cc1. The number of esters is 1. The van der Waals surface area contributed by atoms with Crippen molar-refractivity contribution >= 4 is 39.2 Å². The number of hydrogen-bond donors (Lipinski definition) is 1. The second-order valence-corrected chi connectivity index (χ2v) is 9.50. The Balaban J connectivity index is 1.72. The van der Waals surface area contributed by atoms with Crippen LogP contribution in [0.2, 0.25) is 5.02 Å². The molecule has 10 heteroatoms. The first-order chi connectivity index (χ1) is 15.3. The summed E-state index contributed by atoms with van der Waals surface area (Å²) in [6, 6.07) is 10.4. The molecule has 32 heavy (non-hydrogen) atoms. The highest BCUT2D eigenvalue weighted by atomic mass is 35.5. The van der Waals surface area contributed by atoms with E-state index in [2.05, 4.69) is 5.32 Å². The standard InChI is InChI=1S/C22H25ClN2O6S/c1-2-3-12-31-22(27)16-4-7-18(8-5-16)24-21(26)17-6-9-19(23)20(15-17)32(28,29)25-10-13-30-14-11-25/h4-9,15H,2-3,10-14H2,1H3,(H,24,26). The Morgan fingerprint density at radius 1 is 1.09 bits per heavy atom. The Morgan fingerprint density at radius 3 is 2.41 bits per heavy atom. The minimum absolute atomic E-state index is 0.0407. The zero-order chi connectivity index (χ0) is 23.1. The molecule has 172 valence electrons. The lowest BCUT2D eigenvalue weighted by Crippen LogP contribution is -2.40. The van der Waals surface area contributed by atoms with Gasteiger partial charge in [-0.15, -0.1) is 0 Å². The number of nitrogens with one attached hydrogen (secondary N) is 1. The normalized spacial score (nSPS) is 14.7. The summed E-state index contributed by atoms with van der Waals surface area (Å²) in [5, 5.41) is 2.73. The molecule has 1 aliphatic rings. The van der Waals surface area contributed by atoms with Crippen LogP contribution in [0.3, 0.4) is 0 Å². The number of morpholine rings is 1. The van der Waals surface area contributed by atoms with E-state index in [-0.39, 0.29) is 28.6 Å². The second kappa shape index (κ2) is 10.9. The van der Waals surface area contributed by atoms with Crippen molar-refractivity contribution in [1.29, 1.82) is 0 Å². The molecular weight excluding hydrogens is 456 g/mol. The lowest BCUT2D eigenvalue weighted by atomic mass is 10.2. The van der Waals surface area contributed by atoms with E-state index in [1.807, 2.05) is 6.92 Å². The number of benzene rings is 2. The molecule has 2 aromatic rings. The van der Waals surface area contributed by atoms with E-state index >= 15 is 0 Å². The van der Waals surface area contributed by atoms with Crippen LogP contribution in [0.15, 0.2) is 47.4 Å². The minimum atomic E-state index is -3.86. The first kappa shape index (κ1) is 24.2. The lowest BCUT2D eigenvalue weighted by molar-refractivity contribution is 0.0499. The van der Waals surface area contributed by atoms with Gasteiger partial charge in [-0.1, -0.05) is 24.9 Å². The van der Waals surface area contributed by atoms with Crippen LogP contribution in [0, 0.1) is 0 Å². The molecule has 8 nitrogen and oxygen atoms in total. The molecule has 0 radical (unpaired) electrons. The fourth-order valence-electron chi connectivity index (χ4n) is 3.05. The Hall–Kier alpha value is -2.46. The number of carbonyl (C=O) groups is 2. The largest absolute Gasteiger partial charge is 0.462 e. The molecule has 0 unspecified atom stereocenters. The van der Waals surface area contributed by atoms with Crippen molar-refractivity contribution < 1.29 is 27.5 Å². The van der Waals surface area contributed by atoms with Gasteiger partial charge in [0.25, 0.3) is 5.91 Å². The van der Waals surface area contributed by atoms with Gasteiger partial charge in [0, 0.05) is 24.3 Å². The monoisotopic (exact) mass is 480 g/mol. The molecule has 1 saturated heterocycles. The zero-order valence-corrected chi connectivity index (χ0v) is 19.2. The number of amides is 1. The number of halogens is 1. The van der Waals surface area contributed by atoms with Crippen LogP contribution in [0.5, 0.6) is 0 Å². The fourth-order valence-corrected chi connectivity index (χ4v) is 4.96. The number of anilines is 1. The van der Waals surface area contributed by atoms with Gasteiger partial charge in [0.1, 0.15) is 4.90 Å². The number of hydrogen-bond acceptors (Lipinski definition) is 6. The Labute approximate surface area is 192 Å². The van der Waals surface area contributed by atoms with Crippen LogP contribution < -0.4 is 5.32 Å². The molecule has 2 aromatic carbocycles. The van der Waals surface area contributed by atoms with E-state index in [1.165, 1.54) is 22.5 Å². The average Bonchev–Trinajstić information content (AvgIpc) is 2.80. The van der Waals surface area contributed by atoms with Crippen LogP contribution in [0.4, 0.5) is 5.69 Å². The summed E-state index contributed by atoms with van der Waals surface area (Å²) in [4.78, 5) is 24.6. The predicted octanol–water partition coefficient (Wildman–Crippen LogP) is 3.57. The quantitative estimate of drug-likeness (QED) is 0.457. The van der Waals surface area contributed by atoms with Crippen LogP contribution in [-0.2, 0) is 19.5 Å². The van der Waals surface area contributed by atoms with Gasteiger partial charge in [-0.05, 0) is 48.9 Å². The Bertz CT molecular complexity index is 1070. The first-order valence-electron chi connectivity index (χ1n) is 10.3. The molecule has 0 aliphatic carbocycles. The molecule has 0 aromatic heterocycles. The van der Waals surface area contributed by atoms with E-state index in [0.717, 1.165) is 12.8 Å². The number of carbonyl (C=O) groups excluding carboxylic acids is 2. The Morgan fingerprint density at radius 2 is 1.75 bits per heavy atom. The lowest BCUT2D eigenvalue weighted by Gasteiger charge is -2.26. The number of rotatable bonds is 8. The van der Waals surface area contributed by atoms with Gasteiger partial charge < -0.3 is 14.8 Å². The summed E-state index contributed by atoms with van der Waals surface area (Å²) in [7, 11) is -3.86. The van der Waals surface area contributed by atoms with E-state index in [1.54, 1.807) is 24.3 Å². The molecule has 1 aliphatic heterocycles. The van der Waals surface area contributed by atoms with Gasteiger partial charge >= 0.3 is 5.97 Å². The second-order valence-electron chi connectivity index (χ2n) is 7.18. The summed E-state index contributed by atoms with van der Waals surface area (Å²) in [6.45, 7) is 3.43. The fraction of sp³-hybridized carbons (Fsp3) is 0.364. The number of unbranched alkanes of at least 4 members (excludes halogenated alkanes) is 1. The minimum Gasteiger partial charge on any atom is -0.462 e. The molecule has 0 bridgehead atoms.